The lowest BCUT2D eigenvalue weighted by Gasteiger charge is -2.14. The van der Waals surface area contributed by atoms with Gasteiger partial charge in [0.05, 0.1) is 13.3 Å². The Hall–Kier alpha value is -3.20. The predicted octanol–water partition coefficient (Wildman–Crippen LogP) is 4.31. The van der Waals surface area contributed by atoms with Crippen LogP contribution in [0.2, 0.25) is 0 Å². The number of halogens is 4. The first kappa shape index (κ1) is 19.6. The number of ether oxygens (including phenoxy) is 2. The molecule has 5 nitrogen and oxygen atoms in total. The summed E-state index contributed by atoms with van der Waals surface area (Å²) in [7, 11) is 1.25. The Bertz CT molecular complexity index is 981. The number of alkyl halides is 2. The highest BCUT2D eigenvalue weighted by atomic mass is 19.3. The molecule has 2 aromatic heterocycles. The summed E-state index contributed by atoms with van der Waals surface area (Å²) in [5, 5.41) is 8.70. The number of nitrogens with zero attached hydrogens (tertiary/aromatic N) is 2. The number of hydrogen-bond donors (Lipinski definition) is 1. The van der Waals surface area contributed by atoms with Crippen molar-refractivity contribution in [3.8, 4) is 28.5 Å². The summed E-state index contributed by atoms with van der Waals surface area (Å²) in [6, 6.07) is 7.08. The number of aliphatic hydroxyl groups excluding tert-OH is 1. The van der Waals surface area contributed by atoms with E-state index >= 15 is 0 Å². The Labute approximate surface area is 157 Å². The maximum Gasteiger partial charge on any atom is 0.312 e. The van der Waals surface area contributed by atoms with Crippen LogP contribution in [0.4, 0.5) is 17.6 Å². The van der Waals surface area contributed by atoms with E-state index in [-0.39, 0.29) is 28.5 Å². The van der Waals surface area contributed by atoms with Crippen LogP contribution in [0.5, 0.6) is 17.4 Å². The van der Waals surface area contributed by atoms with Gasteiger partial charge in [-0.3, -0.25) is 4.98 Å². The summed E-state index contributed by atoms with van der Waals surface area (Å²) in [5.74, 6) is -5.34. The molecule has 1 N–H and O–H groups in total. The third-order valence-electron chi connectivity index (χ3n) is 3.83. The predicted molar refractivity (Wildman–Crippen MR) is 91.4 cm³/mol. The van der Waals surface area contributed by atoms with Gasteiger partial charge in [0.2, 0.25) is 5.88 Å². The van der Waals surface area contributed by atoms with Gasteiger partial charge in [0.1, 0.15) is 23.9 Å². The summed E-state index contributed by atoms with van der Waals surface area (Å²) in [4.78, 5) is 7.59. The summed E-state index contributed by atoms with van der Waals surface area (Å²) in [5.41, 5.74) is -0.446. The minimum atomic E-state index is -3.48. The molecule has 28 heavy (non-hydrogen) atoms. The Morgan fingerprint density at radius 2 is 1.82 bits per heavy atom. The van der Waals surface area contributed by atoms with Gasteiger partial charge >= 0.3 is 5.92 Å². The van der Waals surface area contributed by atoms with E-state index in [4.69, 9.17) is 14.6 Å². The molecule has 0 amide bonds. The van der Waals surface area contributed by atoms with Gasteiger partial charge in [-0.1, -0.05) is 0 Å². The fourth-order valence-electron chi connectivity index (χ4n) is 2.42. The van der Waals surface area contributed by atoms with Gasteiger partial charge in [-0.05, 0) is 30.3 Å². The average Bonchev–Trinajstić information content (AvgIpc) is 2.69. The Morgan fingerprint density at radius 3 is 2.46 bits per heavy atom. The topological polar surface area (TPSA) is 64.5 Å². The van der Waals surface area contributed by atoms with E-state index in [1.165, 1.54) is 31.5 Å². The molecule has 0 unspecified atom stereocenters. The molecule has 0 radical (unpaired) electrons. The first-order valence-corrected chi connectivity index (χ1v) is 7.97. The molecule has 0 saturated carbocycles. The molecule has 1 aromatic carbocycles. The van der Waals surface area contributed by atoms with E-state index in [9.17, 15) is 17.6 Å². The zero-order chi connectivity index (χ0) is 20.3. The van der Waals surface area contributed by atoms with Crippen LogP contribution < -0.4 is 9.47 Å². The van der Waals surface area contributed by atoms with Crippen molar-refractivity contribution in [2.24, 2.45) is 0 Å². The number of pyridine rings is 2. The van der Waals surface area contributed by atoms with Crippen LogP contribution >= 0.6 is 0 Å². The van der Waals surface area contributed by atoms with Crippen LogP contribution in [0.15, 0.2) is 48.8 Å². The van der Waals surface area contributed by atoms with E-state index in [0.717, 1.165) is 18.3 Å². The van der Waals surface area contributed by atoms with Crippen molar-refractivity contribution in [2.75, 3.05) is 13.7 Å². The molecule has 0 bridgehead atoms. The van der Waals surface area contributed by atoms with Crippen molar-refractivity contribution in [2.45, 2.75) is 5.92 Å². The fourth-order valence-corrected chi connectivity index (χ4v) is 2.42. The Balaban J connectivity index is 1.96. The highest BCUT2D eigenvalue weighted by molar-refractivity contribution is 5.71. The second kappa shape index (κ2) is 7.81. The van der Waals surface area contributed by atoms with E-state index in [0.29, 0.717) is 6.07 Å². The number of benzene rings is 1. The Kier molecular flexibility index (Phi) is 5.46. The second-order valence-corrected chi connectivity index (χ2v) is 5.67. The van der Waals surface area contributed by atoms with Crippen molar-refractivity contribution >= 4 is 0 Å². The molecule has 3 aromatic rings. The molecular weight excluding hydrogens is 380 g/mol. The normalized spacial score (nSPS) is 11.4. The molecule has 146 valence electrons. The molecule has 9 heteroatoms. The minimum Gasteiger partial charge on any atom is -0.494 e. The largest absolute Gasteiger partial charge is 0.494 e. The summed E-state index contributed by atoms with van der Waals surface area (Å²) in [6.07, 6.45) is 2.41. The highest BCUT2D eigenvalue weighted by Crippen LogP contribution is 2.36. The molecule has 0 atom stereocenters. The third-order valence-corrected chi connectivity index (χ3v) is 3.83. The van der Waals surface area contributed by atoms with E-state index in [2.05, 4.69) is 9.97 Å². The lowest BCUT2D eigenvalue weighted by atomic mass is 10.1. The zero-order valence-electron chi connectivity index (χ0n) is 14.5. The van der Waals surface area contributed by atoms with Crippen molar-refractivity contribution in [1.82, 2.24) is 9.97 Å². The molecule has 2 heterocycles. The minimum absolute atomic E-state index is 0.0160. The molecule has 0 spiro atoms. The number of rotatable bonds is 6. The molecular formula is C19H14F4N2O3. The van der Waals surface area contributed by atoms with Crippen LogP contribution in [-0.4, -0.2) is 28.8 Å². The highest BCUT2D eigenvalue weighted by Gasteiger charge is 2.32. The van der Waals surface area contributed by atoms with Crippen molar-refractivity contribution in [1.29, 1.82) is 0 Å². The molecule has 0 aliphatic carbocycles. The quantitative estimate of drug-likeness (QED) is 0.632. The SMILES string of the molecule is COc1cc(-c2cccnc2Oc2ccc(C(F)(F)CO)nc2)c(F)cc1F. The monoisotopic (exact) mass is 394 g/mol. The molecule has 0 fully saturated rings. The van der Waals surface area contributed by atoms with E-state index in [1.807, 2.05) is 0 Å². The van der Waals surface area contributed by atoms with Crippen LogP contribution in [0.1, 0.15) is 5.69 Å². The van der Waals surface area contributed by atoms with Gasteiger partial charge in [0, 0.05) is 23.4 Å². The van der Waals surface area contributed by atoms with Crippen molar-refractivity contribution in [3.63, 3.8) is 0 Å². The smallest absolute Gasteiger partial charge is 0.312 e. The Morgan fingerprint density at radius 1 is 1.04 bits per heavy atom. The van der Waals surface area contributed by atoms with Crippen molar-refractivity contribution in [3.05, 3.63) is 66.1 Å². The number of aliphatic hydroxyl groups is 1. The maximum absolute atomic E-state index is 14.3. The summed E-state index contributed by atoms with van der Waals surface area (Å²) < 4.78 is 65.2. The first-order valence-electron chi connectivity index (χ1n) is 7.97. The van der Waals surface area contributed by atoms with Crippen LogP contribution in [0.3, 0.4) is 0 Å². The van der Waals surface area contributed by atoms with Gasteiger partial charge < -0.3 is 14.6 Å². The lowest BCUT2D eigenvalue weighted by Crippen LogP contribution is -2.19. The van der Waals surface area contributed by atoms with E-state index in [1.54, 1.807) is 0 Å². The van der Waals surface area contributed by atoms with Gasteiger partial charge in [0.25, 0.3) is 0 Å². The van der Waals surface area contributed by atoms with Gasteiger partial charge in [0.15, 0.2) is 11.6 Å². The van der Waals surface area contributed by atoms with E-state index < -0.39 is 29.9 Å². The van der Waals surface area contributed by atoms with Gasteiger partial charge in [-0.25, -0.2) is 13.8 Å². The average molecular weight is 394 g/mol. The van der Waals surface area contributed by atoms with Crippen LogP contribution in [0.25, 0.3) is 11.1 Å². The molecule has 0 saturated heterocycles. The lowest BCUT2D eigenvalue weighted by molar-refractivity contribution is -0.0592. The standard InChI is InChI=1S/C19H14F4N2O3/c1-27-16-7-13(14(20)8-15(16)21)12-3-2-6-24-18(12)28-11-4-5-17(25-9-11)19(22,23)10-26/h2-9,26H,10H2,1H3. The van der Waals surface area contributed by atoms with Crippen LogP contribution in [0, 0.1) is 11.6 Å². The second-order valence-electron chi connectivity index (χ2n) is 5.67. The van der Waals surface area contributed by atoms with Gasteiger partial charge in [-0.2, -0.15) is 8.78 Å². The number of methoxy groups -OCH3 is 1. The number of aromatic nitrogens is 2. The molecule has 0 aliphatic rings. The summed E-state index contributed by atoms with van der Waals surface area (Å²) >= 11 is 0. The third kappa shape index (κ3) is 3.89. The molecule has 0 aliphatic heterocycles. The first-order chi connectivity index (χ1) is 13.4. The van der Waals surface area contributed by atoms with Crippen molar-refractivity contribution < 1.29 is 32.1 Å². The summed E-state index contributed by atoms with van der Waals surface area (Å²) in [6.45, 7) is -1.38. The maximum atomic E-state index is 14.3. The number of hydrogen-bond acceptors (Lipinski definition) is 5. The fraction of sp³-hybridized carbons (Fsp3) is 0.158. The molecule has 3 rings (SSSR count). The van der Waals surface area contributed by atoms with Crippen LogP contribution in [-0.2, 0) is 5.92 Å². The zero-order valence-corrected chi connectivity index (χ0v) is 14.5. The van der Waals surface area contributed by atoms with Gasteiger partial charge in [-0.15, -0.1) is 0 Å².